The van der Waals surface area contributed by atoms with Gasteiger partial charge in [0, 0.05) is 39.9 Å². The first-order valence-corrected chi connectivity index (χ1v) is 8.83. The van der Waals surface area contributed by atoms with Crippen LogP contribution in [0, 0.1) is 13.8 Å². The van der Waals surface area contributed by atoms with Crippen molar-refractivity contribution in [2.24, 2.45) is 5.10 Å². The fraction of sp³-hybridized carbons (Fsp3) is 0.100. The lowest BCUT2D eigenvalue weighted by Crippen LogP contribution is -2.24. The summed E-state index contributed by atoms with van der Waals surface area (Å²) in [7, 11) is 0. The molecule has 3 rings (SSSR count). The number of hydrogen-bond acceptors (Lipinski definition) is 4. The van der Waals surface area contributed by atoms with E-state index < -0.39 is 0 Å². The Morgan fingerprint density at radius 2 is 1.86 bits per heavy atom. The van der Waals surface area contributed by atoms with Gasteiger partial charge in [-0.05, 0) is 56.3 Å². The van der Waals surface area contributed by atoms with Crippen LogP contribution >= 0.6 is 11.6 Å². The number of nitrogens with one attached hydrogen (secondary N) is 2. The number of rotatable bonds is 5. The van der Waals surface area contributed by atoms with Crippen molar-refractivity contribution in [1.82, 2.24) is 15.1 Å². The maximum absolute atomic E-state index is 12.4. The van der Waals surface area contributed by atoms with Crippen molar-refractivity contribution in [2.45, 2.75) is 13.8 Å². The Hall–Kier alpha value is -3.45. The first-order chi connectivity index (χ1) is 13.5. The third-order valence-electron chi connectivity index (χ3n) is 4.08. The van der Waals surface area contributed by atoms with Gasteiger partial charge in [0.1, 0.15) is 0 Å². The summed E-state index contributed by atoms with van der Waals surface area (Å²) < 4.78 is 1.67. The Balaban J connectivity index is 1.70. The summed E-state index contributed by atoms with van der Waals surface area (Å²) in [5.41, 5.74) is 8.57. The van der Waals surface area contributed by atoms with E-state index in [-0.39, 0.29) is 11.8 Å². The maximum Gasteiger partial charge on any atom is 0.272 e. The second-order valence-electron chi connectivity index (χ2n) is 6.05. The molecule has 7 nitrogen and oxygen atoms in total. The minimum absolute atomic E-state index is 0.258. The van der Waals surface area contributed by atoms with Crippen LogP contribution in [-0.2, 0) is 0 Å². The summed E-state index contributed by atoms with van der Waals surface area (Å²) in [4.78, 5) is 28.3. The number of pyridine rings is 1. The lowest BCUT2D eigenvalue weighted by molar-refractivity contribution is 0.0953. The van der Waals surface area contributed by atoms with E-state index in [0.29, 0.717) is 16.1 Å². The summed E-state index contributed by atoms with van der Waals surface area (Å²) in [6.45, 7) is 3.71. The van der Waals surface area contributed by atoms with Gasteiger partial charge in [-0.1, -0.05) is 11.6 Å². The van der Waals surface area contributed by atoms with Gasteiger partial charge in [0.25, 0.3) is 11.8 Å². The third-order valence-corrected chi connectivity index (χ3v) is 4.34. The van der Waals surface area contributed by atoms with Crippen molar-refractivity contribution in [3.8, 4) is 0 Å². The van der Waals surface area contributed by atoms with Crippen LogP contribution in [0.25, 0.3) is 0 Å². The molecule has 0 saturated heterocycles. The van der Waals surface area contributed by atoms with Gasteiger partial charge in [-0.15, -0.1) is 0 Å². The molecule has 3 aromatic rings. The molecule has 2 N–H and O–H groups in total. The average Bonchev–Trinajstić information content (AvgIpc) is 2.96. The molecule has 0 atom stereocenters. The van der Waals surface area contributed by atoms with E-state index in [2.05, 4.69) is 20.9 Å². The number of aromatic nitrogens is 2. The van der Waals surface area contributed by atoms with Gasteiger partial charge in [0.2, 0.25) is 0 Å². The van der Waals surface area contributed by atoms with Gasteiger partial charge < -0.3 is 0 Å². The Morgan fingerprint density at radius 3 is 2.54 bits per heavy atom. The van der Waals surface area contributed by atoms with Crippen molar-refractivity contribution in [1.29, 1.82) is 0 Å². The van der Waals surface area contributed by atoms with Crippen LogP contribution in [0.5, 0.6) is 0 Å². The van der Waals surface area contributed by atoms with Gasteiger partial charge in [0.15, 0.2) is 0 Å². The van der Waals surface area contributed by atoms with E-state index in [1.807, 2.05) is 19.9 Å². The topological polar surface area (TPSA) is 88.4 Å². The van der Waals surface area contributed by atoms with E-state index in [9.17, 15) is 9.59 Å². The molecule has 142 valence electrons. The normalized spacial score (nSPS) is 10.8. The molecule has 0 bridgehead atoms. The lowest BCUT2D eigenvalue weighted by atomic mass is 10.2. The van der Waals surface area contributed by atoms with Crippen molar-refractivity contribution < 1.29 is 9.59 Å². The number of halogens is 1. The molecule has 8 heteroatoms. The number of benzene rings is 1. The molecule has 1 aromatic carbocycles. The summed E-state index contributed by atoms with van der Waals surface area (Å²) in [5, 5.41) is 4.55. The fourth-order valence-electron chi connectivity index (χ4n) is 2.58. The smallest absolute Gasteiger partial charge is 0.267 e. The Bertz CT molecular complexity index is 1030. The quantitative estimate of drug-likeness (QED) is 0.513. The van der Waals surface area contributed by atoms with Gasteiger partial charge in [-0.2, -0.15) is 5.10 Å². The predicted molar refractivity (Wildman–Crippen MR) is 108 cm³/mol. The molecule has 2 heterocycles. The van der Waals surface area contributed by atoms with E-state index in [1.165, 1.54) is 12.4 Å². The zero-order chi connectivity index (χ0) is 20.1. The van der Waals surface area contributed by atoms with Gasteiger partial charge in [-0.25, -0.2) is 5.43 Å². The van der Waals surface area contributed by atoms with Gasteiger partial charge >= 0.3 is 0 Å². The summed E-state index contributed by atoms with van der Waals surface area (Å²) in [6.07, 6.45) is 4.58. The molecular formula is C20H18ClN5O2. The summed E-state index contributed by atoms with van der Waals surface area (Å²) in [5.74, 6) is -0.610. The second-order valence-corrected chi connectivity index (χ2v) is 6.49. The average molecular weight is 396 g/mol. The highest BCUT2D eigenvalue weighted by molar-refractivity contribution is 6.30. The summed E-state index contributed by atoms with van der Waals surface area (Å²) in [6, 6.07) is 11.8. The molecule has 2 aromatic heterocycles. The second kappa shape index (κ2) is 8.49. The predicted octanol–water partition coefficient (Wildman–Crippen LogP) is 3.30. The van der Waals surface area contributed by atoms with E-state index in [4.69, 9.17) is 11.6 Å². The molecule has 0 spiro atoms. The molecule has 2 amide bonds. The molecule has 0 aliphatic rings. The number of carbonyl (C=O) groups excluding carboxylic acids is 2. The van der Waals surface area contributed by atoms with Crippen molar-refractivity contribution in [3.05, 3.63) is 88.0 Å². The molecule has 0 fully saturated rings. The maximum atomic E-state index is 12.4. The number of hydrogen-bond donors (Lipinski definition) is 2. The largest absolute Gasteiger partial charge is 0.272 e. The van der Waals surface area contributed by atoms with Crippen molar-refractivity contribution in [2.75, 3.05) is 5.43 Å². The zero-order valence-corrected chi connectivity index (χ0v) is 16.1. The lowest BCUT2D eigenvalue weighted by Gasteiger charge is -2.11. The highest BCUT2D eigenvalue weighted by Crippen LogP contribution is 2.13. The molecule has 28 heavy (non-hydrogen) atoms. The third kappa shape index (κ3) is 4.44. The summed E-state index contributed by atoms with van der Waals surface area (Å²) >= 11 is 5.86. The standard InChI is InChI=1S/C20H18ClN5O2/c1-13-10-17(12-23-24-19(27)16-4-3-9-22-11-16)14(2)26(13)25-20(28)15-5-7-18(21)8-6-15/h3-12H,1-2H3,(H,24,27)(H,25,28)/b23-12+. The zero-order valence-electron chi connectivity index (χ0n) is 15.3. The first-order valence-electron chi connectivity index (χ1n) is 8.45. The van der Waals surface area contributed by atoms with Crippen LogP contribution in [0.4, 0.5) is 0 Å². The molecule has 0 unspecified atom stereocenters. The van der Waals surface area contributed by atoms with Crippen molar-refractivity contribution in [3.63, 3.8) is 0 Å². The highest BCUT2D eigenvalue weighted by Gasteiger charge is 2.12. The Labute approximate surface area is 167 Å². The minimum atomic E-state index is -0.353. The van der Waals surface area contributed by atoms with Crippen LogP contribution in [-0.4, -0.2) is 27.7 Å². The molecular weight excluding hydrogens is 378 g/mol. The van der Waals surface area contributed by atoms with Crippen LogP contribution in [0.3, 0.4) is 0 Å². The molecule has 0 saturated carbocycles. The number of aryl methyl sites for hydroxylation is 1. The van der Waals surface area contributed by atoms with Crippen LogP contribution in [0.15, 0.2) is 60.0 Å². The molecule has 0 aliphatic carbocycles. The van der Waals surface area contributed by atoms with E-state index >= 15 is 0 Å². The van der Waals surface area contributed by atoms with Crippen molar-refractivity contribution >= 4 is 29.6 Å². The monoisotopic (exact) mass is 395 g/mol. The van der Waals surface area contributed by atoms with Gasteiger partial charge in [0.05, 0.1) is 11.8 Å². The number of nitrogens with zero attached hydrogens (tertiary/aromatic N) is 3. The Kier molecular flexibility index (Phi) is 5.86. The number of hydrazone groups is 1. The molecule has 0 radical (unpaired) electrons. The number of amides is 2. The SMILES string of the molecule is Cc1cc(/C=N/NC(=O)c2cccnc2)c(C)n1NC(=O)c1ccc(Cl)cc1. The number of carbonyl (C=O) groups is 2. The van der Waals surface area contributed by atoms with E-state index in [0.717, 1.165) is 17.0 Å². The Morgan fingerprint density at radius 1 is 1.11 bits per heavy atom. The fourth-order valence-corrected chi connectivity index (χ4v) is 2.71. The highest BCUT2D eigenvalue weighted by atomic mass is 35.5. The van der Waals surface area contributed by atoms with E-state index in [1.54, 1.807) is 47.3 Å². The van der Waals surface area contributed by atoms with Gasteiger partial charge in [-0.3, -0.25) is 24.7 Å². The molecule has 0 aliphatic heterocycles. The van der Waals surface area contributed by atoms with Crippen LogP contribution in [0.2, 0.25) is 5.02 Å². The first kappa shape index (κ1) is 19.3. The van der Waals surface area contributed by atoms with Crippen LogP contribution < -0.4 is 10.9 Å². The van der Waals surface area contributed by atoms with Crippen LogP contribution in [0.1, 0.15) is 37.7 Å². The minimum Gasteiger partial charge on any atom is -0.267 e.